The second-order valence-electron chi connectivity index (χ2n) is 6.83. The predicted octanol–water partition coefficient (Wildman–Crippen LogP) is 1.81. The molecule has 0 amide bonds. The van der Waals surface area contributed by atoms with Crippen LogP contribution in [0.1, 0.15) is 39.5 Å². The molecule has 0 radical (unpaired) electrons. The summed E-state index contributed by atoms with van der Waals surface area (Å²) in [5.74, 6) is 0.699. The van der Waals surface area contributed by atoms with E-state index in [0.717, 1.165) is 32.3 Å². The Morgan fingerprint density at radius 2 is 2.19 bits per heavy atom. The molecule has 124 valence electrons. The Balaban J connectivity index is 1.80. The Labute approximate surface area is 131 Å². The summed E-state index contributed by atoms with van der Waals surface area (Å²) >= 11 is 0. The SMILES string of the molecule is CCCNC(CN(C)CC1CCCN1CC)C1CCOC1. The molecular weight excluding hydrogens is 262 g/mol. The van der Waals surface area contributed by atoms with Gasteiger partial charge in [0.05, 0.1) is 6.61 Å². The minimum Gasteiger partial charge on any atom is -0.381 e. The molecule has 2 aliphatic rings. The van der Waals surface area contributed by atoms with Crippen LogP contribution in [0.25, 0.3) is 0 Å². The highest BCUT2D eigenvalue weighted by molar-refractivity contribution is 4.85. The van der Waals surface area contributed by atoms with Crippen molar-refractivity contribution in [2.75, 3.05) is 53.0 Å². The second-order valence-corrected chi connectivity index (χ2v) is 6.83. The molecule has 0 saturated carbocycles. The summed E-state index contributed by atoms with van der Waals surface area (Å²) in [4.78, 5) is 5.19. The van der Waals surface area contributed by atoms with Crippen LogP contribution in [0, 0.1) is 5.92 Å². The highest BCUT2D eigenvalue weighted by Gasteiger charge is 2.28. The molecular formula is C17H35N3O. The van der Waals surface area contributed by atoms with Gasteiger partial charge >= 0.3 is 0 Å². The second kappa shape index (κ2) is 9.09. The number of nitrogens with one attached hydrogen (secondary N) is 1. The number of rotatable bonds is 9. The first-order valence-corrected chi connectivity index (χ1v) is 8.98. The van der Waals surface area contributed by atoms with Crippen molar-refractivity contribution in [2.45, 2.75) is 51.6 Å². The summed E-state index contributed by atoms with van der Waals surface area (Å²) in [5.41, 5.74) is 0. The Morgan fingerprint density at radius 3 is 2.86 bits per heavy atom. The van der Waals surface area contributed by atoms with E-state index in [0.29, 0.717) is 12.0 Å². The summed E-state index contributed by atoms with van der Waals surface area (Å²) in [7, 11) is 2.29. The van der Waals surface area contributed by atoms with Crippen LogP contribution in [0.2, 0.25) is 0 Å². The lowest BCUT2D eigenvalue weighted by atomic mass is 9.98. The van der Waals surface area contributed by atoms with Gasteiger partial charge in [-0.25, -0.2) is 0 Å². The molecule has 2 aliphatic heterocycles. The van der Waals surface area contributed by atoms with E-state index in [2.05, 4.69) is 36.0 Å². The zero-order valence-electron chi connectivity index (χ0n) is 14.3. The van der Waals surface area contributed by atoms with E-state index in [9.17, 15) is 0 Å². The summed E-state index contributed by atoms with van der Waals surface area (Å²) in [6, 6.07) is 1.36. The normalized spacial score (nSPS) is 28.6. The molecule has 1 N–H and O–H groups in total. The molecule has 0 aromatic carbocycles. The molecule has 2 rings (SSSR count). The smallest absolute Gasteiger partial charge is 0.0510 e. The highest BCUT2D eigenvalue weighted by atomic mass is 16.5. The number of nitrogens with zero attached hydrogens (tertiary/aromatic N) is 2. The molecule has 2 saturated heterocycles. The van der Waals surface area contributed by atoms with Crippen LogP contribution >= 0.6 is 0 Å². The first-order chi connectivity index (χ1) is 10.2. The van der Waals surface area contributed by atoms with E-state index in [-0.39, 0.29) is 0 Å². The molecule has 21 heavy (non-hydrogen) atoms. The van der Waals surface area contributed by atoms with E-state index in [1.54, 1.807) is 0 Å². The number of ether oxygens (including phenoxy) is 1. The molecule has 0 aromatic heterocycles. The van der Waals surface area contributed by atoms with Gasteiger partial charge in [0.2, 0.25) is 0 Å². The van der Waals surface area contributed by atoms with Crippen molar-refractivity contribution in [3.05, 3.63) is 0 Å². The van der Waals surface area contributed by atoms with Crippen molar-refractivity contribution in [1.82, 2.24) is 15.1 Å². The summed E-state index contributed by atoms with van der Waals surface area (Å²) < 4.78 is 5.60. The quantitative estimate of drug-likeness (QED) is 0.702. The standard InChI is InChI=1S/C17H35N3O/c1-4-9-18-17(15-8-11-21-14-15)13-19(3)12-16-7-6-10-20(16)5-2/h15-18H,4-14H2,1-3H3. The molecule has 4 nitrogen and oxygen atoms in total. The third kappa shape index (κ3) is 5.20. The predicted molar refractivity (Wildman–Crippen MR) is 88.8 cm³/mol. The number of likely N-dealkylation sites (N-methyl/N-ethyl adjacent to an activating group) is 2. The summed E-state index contributed by atoms with van der Waals surface area (Å²) in [5, 5.41) is 3.76. The third-order valence-electron chi connectivity index (χ3n) is 5.13. The Hall–Kier alpha value is -0.160. The topological polar surface area (TPSA) is 27.7 Å². The van der Waals surface area contributed by atoms with E-state index in [1.165, 1.54) is 45.3 Å². The van der Waals surface area contributed by atoms with Gasteiger partial charge in [0, 0.05) is 37.7 Å². The fourth-order valence-corrected chi connectivity index (χ4v) is 3.87. The average molecular weight is 297 g/mol. The lowest BCUT2D eigenvalue weighted by Gasteiger charge is -2.32. The number of hydrogen-bond acceptors (Lipinski definition) is 4. The van der Waals surface area contributed by atoms with E-state index < -0.39 is 0 Å². The van der Waals surface area contributed by atoms with Crippen LogP contribution in [0.4, 0.5) is 0 Å². The first kappa shape index (κ1) is 17.2. The molecule has 4 heteroatoms. The van der Waals surface area contributed by atoms with Crippen LogP contribution in [0.15, 0.2) is 0 Å². The largest absolute Gasteiger partial charge is 0.381 e. The van der Waals surface area contributed by atoms with E-state index in [4.69, 9.17) is 4.74 Å². The maximum Gasteiger partial charge on any atom is 0.0510 e. The maximum absolute atomic E-state index is 5.60. The highest BCUT2D eigenvalue weighted by Crippen LogP contribution is 2.20. The summed E-state index contributed by atoms with van der Waals surface area (Å²) in [6.07, 6.45) is 5.18. The molecule has 0 bridgehead atoms. The van der Waals surface area contributed by atoms with Crippen LogP contribution < -0.4 is 5.32 Å². The minimum absolute atomic E-state index is 0.592. The molecule has 2 heterocycles. The lowest BCUT2D eigenvalue weighted by molar-refractivity contribution is 0.153. The van der Waals surface area contributed by atoms with E-state index in [1.807, 2.05) is 0 Å². The molecule has 0 aromatic rings. The molecule has 3 atom stereocenters. The van der Waals surface area contributed by atoms with Gasteiger partial charge in [-0.2, -0.15) is 0 Å². The van der Waals surface area contributed by atoms with Crippen LogP contribution in [0.5, 0.6) is 0 Å². The fourth-order valence-electron chi connectivity index (χ4n) is 3.87. The van der Waals surface area contributed by atoms with Crippen LogP contribution in [-0.2, 0) is 4.74 Å². The van der Waals surface area contributed by atoms with Gasteiger partial charge in [0.1, 0.15) is 0 Å². The van der Waals surface area contributed by atoms with Crippen molar-refractivity contribution in [2.24, 2.45) is 5.92 Å². The minimum atomic E-state index is 0.592. The third-order valence-corrected chi connectivity index (χ3v) is 5.13. The molecule has 2 fully saturated rings. The van der Waals surface area contributed by atoms with Gasteiger partial charge in [-0.15, -0.1) is 0 Å². The molecule has 0 aliphatic carbocycles. The Kier molecular flexibility index (Phi) is 7.44. The maximum atomic E-state index is 5.60. The van der Waals surface area contributed by atoms with Gasteiger partial charge in [-0.05, 0) is 52.4 Å². The zero-order chi connectivity index (χ0) is 15.1. The fraction of sp³-hybridized carbons (Fsp3) is 1.00. The van der Waals surface area contributed by atoms with Gasteiger partial charge in [0.25, 0.3) is 0 Å². The van der Waals surface area contributed by atoms with Crippen molar-refractivity contribution >= 4 is 0 Å². The summed E-state index contributed by atoms with van der Waals surface area (Å²) in [6.45, 7) is 12.4. The van der Waals surface area contributed by atoms with Crippen LogP contribution in [-0.4, -0.2) is 74.9 Å². The Bertz CT molecular complexity index is 281. The number of likely N-dealkylation sites (tertiary alicyclic amines) is 1. The number of hydrogen-bond donors (Lipinski definition) is 1. The van der Waals surface area contributed by atoms with Gasteiger partial charge in [-0.1, -0.05) is 13.8 Å². The molecule has 3 unspecified atom stereocenters. The van der Waals surface area contributed by atoms with Crippen molar-refractivity contribution in [3.8, 4) is 0 Å². The van der Waals surface area contributed by atoms with Crippen molar-refractivity contribution in [1.29, 1.82) is 0 Å². The van der Waals surface area contributed by atoms with Gasteiger partial charge in [-0.3, -0.25) is 4.90 Å². The first-order valence-electron chi connectivity index (χ1n) is 8.98. The van der Waals surface area contributed by atoms with Gasteiger partial charge in [0.15, 0.2) is 0 Å². The average Bonchev–Trinajstić information content (AvgIpc) is 3.14. The molecule has 0 spiro atoms. The van der Waals surface area contributed by atoms with Gasteiger partial charge < -0.3 is 15.0 Å². The Morgan fingerprint density at radius 1 is 1.33 bits per heavy atom. The zero-order valence-corrected chi connectivity index (χ0v) is 14.3. The monoisotopic (exact) mass is 297 g/mol. The van der Waals surface area contributed by atoms with E-state index >= 15 is 0 Å². The lowest BCUT2D eigenvalue weighted by Crippen LogP contribution is -2.48. The van der Waals surface area contributed by atoms with Crippen molar-refractivity contribution in [3.63, 3.8) is 0 Å². The van der Waals surface area contributed by atoms with Crippen LogP contribution in [0.3, 0.4) is 0 Å². The van der Waals surface area contributed by atoms with Crippen molar-refractivity contribution < 1.29 is 4.74 Å².